The number of hydrogen-bond acceptors (Lipinski definition) is 21. The normalized spacial score (nSPS) is 27.4. The Kier molecular flexibility index (Phi) is 38.1. The average Bonchev–Trinajstić information content (AvgIpc) is 1.75. The number of carbonyl (C=O) groups is 16. The number of amides is 14. The number of methoxy groups -OCH3 is 1. The summed E-state index contributed by atoms with van der Waals surface area (Å²) in [4.78, 5) is 236. The molecule has 0 radical (unpaired) electrons. The van der Waals surface area contributed by atoms with Crippen molar-refractivity contribution in [2.24, 2.45) is 23.7 Å². The molecule has 3 aliphatic rings. The number of benzene rings is 2. The summed E-state index contributed by atoms with van der Waals surface area (Å²) in [6.07, 6.45) is -3.54. The molecule has 14 amide bonds. The number of ether oxygens (including phenoxy) is 2. The molecule has 0 saturated carbocycles. The fourth-order valence-electron chi connectivity index (χ4n) is 12.6. The Balaban J connectivity index is 1.80. The first-order valence-corrected chi connectivity index (χ1v) is 40.7. The van der Waals surface area contributed by atoms with Gasteiger partial charge in [-0.05, 0) is 81.3 Å². The maximum Gasteiger partial charge on any atom is 0.331 e. The van der Waals surface area contributed by atoms with Crippen LogP contribution in [-0.4, -0.2) is 244 Å². The van der Waals surface area contributed by atoms with Crippen molar-refractivity contribution in [3.63, 3.8) is 0 Å². The second kappa shape index (κ2) is 45.9. The van der Waals surface area contributed by atoms with Gasteiger partial charge < -0.3 is 93.3 Å². The molecule has 3 fully saturated rings. The highest BCUT2D eigenvalue weighted by atomic mass is 33.1. The van der Waals surface area contributed by atoms with Crippen molar-refractivity contribution in [2.75, 3.05) is 38.8 Å². The Labute approximate surface area is 667 Å². The molecule has 0 spiro atoms. The van der Waals surface area contributed by atoms with Crippen LogP contribution in [0.3, 0.4) is 0 Å². The van der Waals surface area contributed by atoms with E-state index in [0.29, 0.717) is 24.0 Å². The monoisotopic (exact) mass is 1620 g/mol. The van der Waals surface area contributed by atoms with Gasteiger partial charge in [0.2, 0.25) is 76.8 Å². The first-order chi connectivity index (χ1) is 53.5. The van der Waals surface area contributed by atoms with Crippen LogP contribution in [0.1, 0.15) is 145 Å². The number of carboxylic acids is 1. The van der Waals surface area contributed by atoms with Crippen molar-refractivity contribution >= 4 is 116 Å². The van der Waals surface area contributed by atoms with Crippen LogP contribution in [0.4, 0.5) is 0 Å². The smallest absolute Gasteiger partial charge is 0.331 e. The van der Waals surface area contributed by atoms with Crippen LogP contribution in [0.15, 0.2) is 72.9 Å². The zero-order valence-electron chi connectivity index (χ0n) is 66.5. The van der Waals surface area contributed by atoms with Gasteiger partial charge in [-0.1, -0.05) is 163 Å². The van der Waals surface area contributed by atoms with Gasteiger partial charge in [-0.15, -0.1) is 0 Å². The van der Waals surface area contributed by atoms with Crippen molar-refractivity contribution in [3.8, 4) is 0 Å². The zero-order chi connectivity index (χ0) is 84.1. The number of nitrogens with zero attached hydrogens (tertiary/aromatic N) is 2. The van der Waals surface area contributed by atoms with E-state index >= 15 is 24.0 Å². The summed E-state index contributed by atoms with van der Waals surface area (Å²) in [7, 11) is 4.24. The molecule has 14 N–H and O–H groups in total. The van der Waals surface area contributed by atoms with E-state index in [1.807, 2.05) is 6.92 Å². The number of aliphatic hydroxyl groups is 1. The van der Waals surface area contributed by atoms with Crippen molar-refractivity contribution in [3.05, 3.63) is 84.1 Å². The molecule has 34 nitrogen and oxygen atoms in total. The molecule has 2 aromatic rings. The lowest BCUT2D eigenvalue weighted by Gasteiger charge is -2.36. The molecule has 2 aromatic carbocycles. The lowest BCUT2D eigenvalue weighted by molar-refractivity contribution is -0.158. The molecule has 0 aromatic heterocycles. The van der Waals surface area contributed by atoms with Gasteiger partial charge in [-0.3, -0.25) is 71.9 Å². The van der Waals surface area contributed by atoms with E-state index in [1.54, 1.807) is 109 Å². The molecular formula is C77H114N14O20S2. The second-order valence-corrected chi connectivity index (χ2v) is 32.0. The standard InChI is InChI=1S/C77H114N14O20S2/c1-15-41(6)33-50-67(99)87-60(40(4)5)76(108)90(13)63(47(12)110-14)74(106)85-54(37-92)77(109)111-46(11)62-73(105)84-53(36-49-27-22-19-23-28-49)75(107)91-32-24-29-57(91)71(103)86-56(70(102)88-61(43(8)17-3)72(104)79-45(10)65(97)81-50)39-113-112-38-55(80-58(93)30-31-59(94)95)69(101)83-52(35-48-25-20-18-21-26-48)66(98)78-44(9)64(96)82-51(68(100)89-62)34-42(7)16-2/h18-23,25-28,40-44,46-47,50-57,60-63,92H,10,15-17,24,29-39H2,1-9,11-14H3,(H,78,98)(H,79,104)(H,80,93)(H,81,97)(H,82,96)(H,83,101)(H,84,105)(H,85,106)(H,86,103)(H,87,99)(H,88,102)(H,89,100)(H,94,95)/t41-,42+,43+,44-,46-,47-,50+,51?,52-,53-,54+,55+,56+,57+,60-,61+,62-,63+/m1/s1. The summed E-state index contributed by atoms with van der Waals surface area (Å²) in [5.41, 5.74) is 0.407. The van der Waals surface area contributed by atoms with Gasteiger partial charge in [0.25, 0.3) is 5.91 Å². The number of fused-ring (bicyclic) bond motifs is 6. The first-order valence-electron chi connectivity index (χ1n) is 38.3. The summed E-state index contributed by atoms with van der Waals surface area (Å²) in [5, 5.41) is 51.9. The first kappa shape index (κ1) is 93.9. The van der Waals surface area contributed by atoms with Gasteiger partial charge in [0.05, 0.1) is 24.8 Å². The van der Waals surface area contributed by atoms with E-state index in [4.69, 9.17) is 9.47 Å². The Bertz CT molecular complexity index is 3690. The van der Waals surface area contributed by atoms with E-state index in [1.165, 1.54) is 39.8 Å². The number of rotatable bonds is 20. The lowest BCUT2D eigenvalue weighted by atomic mass is 9.96. The number of likely N-dealkylation sites (N-methyl/N-ethyl adjacent to an activating group) is 1. The minimum Gasteiger partial charge on any atom is -0.481 e. The molecule has 36 heteroatoms. The third-order valence-electron chi connectivity index (χ3n) is 20.3. The predicted octanol–water partition coefficient (Wildman–Crippen LogP) is 0.0792. The molecule has 3 aliphatic heterocycles. The highest BCUT2D eigenvalue weighted by Crippen LogP contribution is 2.27. The molecule has 624 valence electrons. The van der Waals surface area contributed by atoms with Crippen molar-refractivity contribution in [1.29, 1.82) is 0 Å². The van der Waals surface area contributed by atoms with Gasteiger partial charge in [-0.25, -0.2) is 4.79 Å². The van der Waals surface area contributed by atoms with Crippen LogP contribution in [0.2, 0.25) is 0 Å². The van der Waals surface area contributed by atoms with Gasteiger partial charge in [0.15, 0.2) is 6.04 Å². The summed E-state index contributed by atoms with van der Waals surface area (Å²) >= 11 is 0. The Morgan fingerprint density at radius 2 is 1.13 bits per heavy atom. The fourth-order valence-corrected chi connectivity index (χ4v) is 15.0. The lowest BCUT2D eigenvalue weighted by Crippen LogP contribution is -2.63. The van der Waals surface area contributed by atoms with Crippen molar-refractivity contribution < 1.29 is 96.4 Å². The number of carboxylic acid groups (broad SMARTS) is 1. The maximum absolute atomic E-state index is 15.6. The van der Waals surface area contributed by atoms with E-state index in [2.05, 4.69) is 70.4 Å². The van der Waals surface area contributed by atoms with E-state index in [-0.39, 0.29) is 69.1 Å². The van der Waals surface area contributed by atoms with Crippen LogP contribution >= 0.6 is 21.6 Å². The highest BCUT2D eigenvalue weighted by Gasteiger charge is 2.45. The topological polar surface area (TPSA) is 483 Å². The number of aliphatic carboxylic acids is 1. The minimum absolute atomic E-state index is 0.0134. The summed E-state index contributed by atoms with van der Waals surface area (Å²) in [6, 6.07) is -4.17. The van der Waals surface area contributed by atoms with Crippen LogP contribution in [0.25, 0.3) is 0 Å². The molecule has 1 unspecified atom stereocenters. The molecule has 5 rings (SSSR count). The number of nitrogens with one attached hydrogen (secondary N) is 12. The molecule has 3 saturated heterocycles. The molecule has 3 heterocycles. The van der Waals surface area contributed by atoms with Crippen molar-refractivity contribution in [2.45, 2.75) is 238 Å². The number of cyclic esters (lactones) is 1. The summed E-state index contributed by atoms with van der Waals surface area (Å²) in [5.74, 6) is -19.1. The Morgan fingerprint density at radius 3 is 1.70 bits per heavy atom. The SMILES string of the molecule is C=C1NC(=O)[C@H]([C@@H](C)CC)NC(=O)[C@@H]2CSSC[C@H](NC(=O)CCC(=O)O)C(=O)N[C@H](Cc3ccccc3)C(=O)N[C@H](C)C(=O)NC(C[C@@H](C)CC)C(=O)N[C@@H](C(=O)N[C@H](Cc3ccccc3)C(=O)N3CCC[C@H]3C(=O)N2)[C@@H](C)OC(=O)[C@H](CO)NC(=O)[C@H]([C@@H](C)OC)N(C)C(=O)[C@@H](C(C)C)NC(=O)[C@H](C[C@H](C)CC)NC1=O. The van der Waals surface area contributed by atoms with Crippen LogP contribution in [0.5, 0.6) is 0 Å². The van der Waals surface area contributed by atoms with E-state index in [9.17, 15) is 63.0 Å². The van der Waals surface area contributed by atoms with Crippen LogP contribution in [-0.2, 0) is 99.0 Å². The molecule has 0 aliphatic carbocycles. The predicted molar refractivity (Wildman–Crippen MR) is 419 cm³/mol. The highest BCUT2D eigenvalue weighted by molar-refractivity contribution is 8.76. The molecule has 113 heavy (non-hydrogen) atoms. The molecule has 18 atom stereocenters. The summed E-state index contributed by atoms with van der Waals surface area (Å²) < 4.78 is 11.5. The van der Waals surface area contributed by atoms with Gasteiger partial charge in [-0.2, -0.15) is 0 Å². The second-order valence-electron chi connectivity index (χ2n) is 29.4. The summed E-state index contributed by atoms with van der Waals surface area (Å²) in [6.45, 7) is 20.1. The number of aliphatic hydroxyl groups excluding tert-OH is 1. The fraction of sp³-hybridized carbons (Fsp3) is 0.610. The van der Waals surface area contributed by atoms with E-state index in [0.717, 1.165) is 26.5 Å². The quantitative estimate of drug-likeness (QED) is 0.0474. The van der Waals surface area contributed by atoms with Gasteiger partial charge in [0, 0.05) is 51.5 Å². The zero-order valence-corrected chi connectivity index (χ0v) is 68.1. The third-order valence-corrected chi connectivity index (χ3v) is 22.7. The number of carbonyl (C=O) groups excluding carboxylic acids is 15. The van der Waals surface area contributed by atoms with Crippen molar-refractivity contribution in [1.82, 2.24) is 73.6 Å². The number of hydrogen-bond donors (Lipinski definition) is 14. The average molecular weight is 1620 g/mol. The maximum atomic E-state index is 15.6. The largest absolute Gasteiger partial charge is 0.481 e. The van der Waals surface area contributed by atoms with E-state index < -0.39 is 228 Å². The minimum atomic E-state index is -2.05. The Morgan fingerprint density at radius 1 is 0.593 bits per heavy atom. The molecule has 2 bridgehead atoms. The molecular weight excluding hydrogens is 1510 g/mol. The van der Waals surface area contributed by atoms with Gasteiger partial charge in [0.1, 0.15) is 78.6 Å². The number of esters is 1. The third kappa shape index (κ3) is 28.4. The Hall–Kier alpha value is -9.68. The van der Waals surface area contributed by atoms with Crippen LogP contribution < -0.4 is 63.8 Å². The van der Waals surface area contributed by atoms with Crippen LogP contribution in [0, 0.1) is 23.7 Å². The van der Waals surface area contributed by atoms with Gasteiger partial charge >= 0.3 is 11.9 Å².